The van der Waals surface area contributed by atoms with Gasteiger partial charge in [0.05, 0.1) is 6.54 Å². The van der Waals surface area contributed by atoms with Crippen LogP contribution < -0.4 is 11.1 Å². The highest BCUT2D eigenvalue weighted by atomic mass is 19.3. The smallest absolute Gasteiger partial charge is 0.251 e. The van der Waals surface area contributed by atoms with Crippen LogP contribution in [0.15, 0.2) is 0 Å². The van der Waals surface area contributed by atoms with Crippen LogP contribution in [0.25, 0.3) is 0 Å². The van der Waals surface area contributed by atoms with Crippen molar-refractivity contribution in [1.82, 2.24) is 10.2 Å². The van der Waals surface area contributed by atoms with Gasteiger partial charge >= 0.3 is 0 Å². The van der Waals surface area contributed by atoms with E-state index in [1.54, 1.807) is 11.9 Å². The second-order valence-electron chi connectivity index (χ2n) is 3.26. The van der Waals surface area contributed by atoms with E-state index >= 15 is 0 Å². The first kappa shape index (κ1) is 14.2. The molecular weight excluding hydrogens is 204 g/mol. The topological polar surface area (TPSA) is 58.4 Å². The number of hydrogen-bond acceptors (Lipinski definition) is 3. The van der Waals surface area contributed by atoms with Crippen molar-refractivity contribution >= 4 is 5.91 Å². The predicted molar refractivity (Wildman–Crippen MR) is 54.8 cm³/mol. The molecule has 0 aliphatic carbocycles. The lowest BCUT2D eigenvalue weighted by molar-refractivity contribution is -0.120. The lowest BCUT2D eigenvalue weighted by Crippen LogP contribution is -2.34. The Morgan fingerprint density at radius 3 is 2.60 bits per heavy atom. The third-order valence-corrected chi connectivity index (χ3v) is 2.00. The normalized spacial score (nSPS) is 11.1. The number of alkyl halides is 2. The fourth-order valence-corrected chi connectivity index (χ4v) is 1.26. The molecule has 0 aliphatic rings. The van der Waals surface area contributed by atoms with Crippen molar-refractivity contribution in [2.45, 2.75) is 19.3 Å². The second kappa shape index (κ2) is 8.55. The van der Waals surface area contributed by atoms with Crippen molar-refractivity contribution in [3.8, 4) is 0 Å². The van der Waals surface area contributed by atoms with Crippen molar-refractivity contribution in [3.05, 3.63) is 0 Å². The molecule has 0 rings (SSSR count). The largest absolute Gasteiger partial charge is 0.359 e. The number of hydrogen-bond donors (Lipinski definition) is 2. The van der Waals surface area contributed by atoms with Gasteiger partial charge in [0.25, 0.3) is 6.43 Å². The van der Waals surface area contributed by atoms with E-state index in [1.807, 2.05) is 0 Å². The number of rotatable bonds is 8. The summed E-state index contributed by atoms with van der Waals surface area (Å²) in [6.45, 7) is 1.00. The summed E-state index contributed by atoms with van der Waals surface area (Å²) in [4.78, 5) is 12.4. The summed E-state index contributed by atoms with van der Waals surface area (Å²) in [5, 5.41) is 2.48. The first-order valence-corrected chi connectivity index (χ1v) is 5.01. The van der Waals surface area contributed by atoms with E-state index in [0.717, 1.165) is 0 Å². The van der Waals surface area contributed by atoms with Crippen LogP contribution in [0.4, 0.5) is 8.78 Å². The van der Waals surface area contributed by atoms with Crippen LogP contribution in [0, 0.1) is 0 Å². The molecule has 0 bridgehead atoms. The minimum atomic E-state index is -2.35. The average molecular weight is 223 g/mol. The zero-order valence-corrected chi connectivity index (χ0v) is 9.01. The number of nitrogens with zero attached hydrogens (tertiary/aromatic N) is 1. The standard InChI is InChI=1S/C9H19F2N3O/c1-13-9(15)3-2-5-14(6-4-12)7-8(10)11/h8H,2-7,12H2,1H3,(H,13,15). The minimum Gasteiger partial charge on any atom is -0.359 e. The van der Waals surface area contributed by atoms with Crippen LogP contribution in [0.3, 0.4) is 0 Å². The molecule has 0 aromatic carbocycles. The summed E-state index contributed by atoms with van der Waals surface area (Å²) in [5.74, 6) is -0.0697. The Bertz CT molecular complexity index is 179. The zero-order chi connectivity index (χ0) is 11.7. The molecule has 0 aliphatic heterocycles. The highest BCUT2D eigenvalue weighted by molar-refractivity contribution is 5.75. The van der Waals surface area contributed by atoms with Crippen LogP contribution in [0.5, 0.6) is 0 Å². The Morgan fingerprint density at radius 2 is 2.13 bits per heavy atom. The minimum absolute atomic E-state index is 0.0697. The van der Waals surface area contributed by atoms with Gasteiger partial charge in [0.15, 0.2) is 0 Å². The number of nitrogens with two attached hydrogens (primary N) is 1. The Hall–Kier alpha value is -0.750. The van der Waals surface area contributed by atoms with E-state index in [-0.39, 0.29) is 12.5 Å². The van der Waals surface area contributed by atoms with Crippen molar-refractivity contribution < 1.29 is 13.6 Å². The average Bonchev–Trinajstić information content (AvgIpc) is 2.16. The number of carbonyl (C=O) groups is 1. The maximum Gasteiger partial charge on any atom is 0.251 e. The van der Waals surface area contributed by atoms with Crippen molar-refractivity contribution in [2.75, 3.05) is 33.2 Å². The molecule has 0 atom stereocenters. The third kappa shape index (κ3) is 8.26. The maximum atomic E-state index is 12.1. The molecule has 1 amide bonds. The summed E-state index contributed by atoms with van der Waals surface area (Å²) in [6, 6.07) is 0. The van der Waals surface area contributed by atoms with Crippen molar-refractivity contribution in [1.29, 1.82) is 0 Å². The highest BCUT2D eigenvalue weighted by Crippen LogP contribution is 2.00. The molecule has 0 aromatic rings. The first-order chi connectivity index (χ1) is 7.10. The van der Waals surface area contributed by atoms with Crippen LogP contribution in [-0.2, 0) is 4.79 Å². The highest BCUT2D eigenvalue weighted by Gasteiger charge is 2.11. The Labute approximate surface area is 88.8 Å². The van der Waals surface area contributed by atoms with E-state index < -0.39 is 6.43 Å². The van der Waals surface area contributed by atoms with Crippen LogP contribution in [0.1, 0.15) is 12.8 Å². The number of carbonyl (C=O) groups excluding carboxylic acids is 1. The van der Waals surface area contributed by atoms with Gasteiger partial charge < -0.3 is 11.1 Å². The summed E-state index contributed by atoms with van der Waals surface area (Å²) >= 11 is 0. The Kier molecular flexibility index (Phi) is 8.12. The SMILES string of the molecule is CNC(=O)CCCN(CCN)CC(F)F. The van der Waals surface area contributed by atoms with Gasteiger partial charge in [-0.2, -0.15) is 0 Å². The second-order valence-corrected chi connectivity index (χ2v) is 3.26. The van der Waals surface area contributed by atoms with Crippen LogP contribution in [0.2, 0.25) is 0 Å². The molecule has 0 saturated heterocycles. The lowest BCUT2D eigenvalue weighted by Gasteiger charge is -2.20. The molecule has 3 N–H and O–H groups in total. The summed E-state index contributed by atoms with van der Waals surface area (Å²) in [5.41, 5.74) is 5.30. The van der Waals surface area contributed by atoms with Gasteiger partial charge in [-0.05, 0) is 13.0 Å². The number of nitrogens with one attached hydrogen (secondary N) is 1. The van der Waals surface area contributed by atoms with Gasteiger partial charge in [0.2, 0.25) is 5.91 Å². The summed E-state index contributed by atoms with van der Waals surface area (Å²) in [7, 11) is 1.55. The molecule has 0 aromatic heterocycles. The molecule has 15 heavy (non-hydrogen) atoms. The van der Waals surface area contributed by atoms with Gasteiger partial charge in [-0.15, -0.1) is 0 Å². The maximum absolute atomic E-state index is 12.1. The molecule has 6 heteroatoms. The fraction of sp³-hybridized carbons (Fsp3) is 0.889. The van der Waals surface area contributed by atoms with Gasteiger partial charge in [-0.3, -0.25) is 9.69 Å². The van der Waals surface area contributed by atoms with Crippen molar-refractivity contribution in [3.63, 3.8) is 0 Å². The Balaban J connectivity index is 3.70. The summed E-state index contributed by atoms with van der Waals surface area (Å²) in [6.07, 6.45) is -1.41. The predicted octanol–water partition coefficient (Wildman–Crippen LogP) is 0.0384. The van der Waals surface area contributed by atoms with Crippen LogP contribution in [-0.4, -0.2) is 50.5 Å². The molecule has 0 spiro atoms. The van der Waals surface area contributed by atoms with E-state index in [9.17, 15) is 13.6 Å². The molecule has 0 saturated carbocycles. The number of amides is 1. The van der Waals surface area contributed by atoms with Gasteiger partial charge in [-0.1, -0.05) is 0 Å². The fourth-order valence-electron chi connectivity index (χ4n) is 1.26. The van der Waals surface area contributed by atoms with Crippen LogP contribution >= 0.6 is 0 Å². The van der Waals surface area contributed by atoms with E-state index in [4.69, 9.17) is 5.73 Å². The molecule has 0 heterocycles. The monoisotopic (exact) mass is 223 g/mol. The molecule has 0 fully saturated rings. The van der Waals surface area contributed by atoms with E-state index in [1.165, 1.54) is 0 Å². The lowest BCUT2D eigenvalue weighted by atomic mass is 10.2. The quantitative estimate of drug-likeness (QED) is 0.611. The Morgan fingerprint density at radius 1 is 1.47 bits per heavy atom. The first-order valence-electron chi connectivity index (χ1n) is 5.01. The molecular formula is C9H19F2N3O. The molecule has 0 unspecified atom stereocenters. The zero-order valence-electron chi connectivity index (χ0n) is 9.01. The van der Waals surface area contributed by atoms with Gasteiger partial charge in [-0.25, -0.2) is 8.78 Å². The molecule has 90 valence electrons. The van der Waals surface area contributed by atoms with E-state index in [0.29, 0.717) is 32.5 Å². The van der Waals surface area contributed by atoms with Crippen molar-refractivity contribution in [2.24, 2.45) is 5.73 Å². The van der Waals surface area contributed by atoms with Gasteiger partial charge in [0.1, 0.15) is 0 Å². The van der Waals surface area contributed by atoms with E-state index in [2.05, 4.69) is 5.32 Å². The molecule has 4 nitrogen and oxygen atoms in total. The summed E-state index contributed by atoms with van der Waals surface area (Å²) < 4.78 is 24.2. The number of halogens is 2. The third-order valence-electron chi connectivity index (χ3n) is 2.00. The molecule has 0 radical (unpaired) electrons. The van der Waals surface area contributed by atoms with Gasteiger partial charge in [0, 0.05) is 26.6 Å².